The highest BCUT2D eigenvalue weighted by atomic mass is 32.2. The Morgan fingerprint density at radius 3 is 2.49 bits per heavy atom. The predicted molar refractivity (Wildman–Crippen MR) is 134 cm³/mol. The number of sulfonamides is 1. The number of piperidine rings is 1. The van der Waals surface area contributed by atoms with Crippen LogP contribution in [0.4, 0.5) is 15.8 Å². The number of hydrogen-bond donors (Lipinski definition) is 1. The van der Waals surface area contributed by atoms with Crippen molar-refractivity contribution >= 4 is 27.3 Å². The summed E-state index contributed by atoms with van der Waals surface area (Å²) in [6, 6.07) is 12.4. The number of hydrogen-bond acceptors (Lipinski definition) is 5. The smallest absolute Gasteiger partial charge is 0.276 e. The van der Waals surface area contributed by atoms with Crippen LogP contribution in [0.3, 0.4) is 0 Å². The molecule has 0 saturated carbocycles. The van der Waals surface area contributed by atoms with Gasteiger partial charge >= 0.3 is 0 Å². The summed E-state index contributed by atoms with van der Waals surface area (Å²) in [6.07, 6.45) is 4.79. The molecule has 1 amide bonds. The third-order valence-electron chi connectivity index (χ3n) is 6.15. The van der Waals surface area contributed by atoms with Gasteiger partial charge in [-0.05, 0) is 61.7 Å². The van der Waals surface area contributed by atoms with Gasteiger partial charge in [0, 0.05) is 32.4 Å². The number of nitrogens with one attached hydrogen (secondary N) is 1. The first kappa shape index (κ1) is 24.9. The number of benzene rings is 2. The summed E-state index contributed by atoms with van der Waals surface area (Å²) in [7, 11) is -3.70. The van der Waals surface area contributed by atoms with Gasteiger partial charge in [0.05, 0.1) is 22.0 Å². The van der Waals surface area contributed by atoms with Crippen LogP contribution in [0.1, 0.15) is 43.6 Å². The second kappa shape index (κ2) is 10.6. The van der Waals surface area contributed by atoms with Crippen LogP contribution in [0.15, 0.2) is 59.6 Å². The highest BCUT2D eigenvalue weighted by molar-refractivity contribution is 7.89. The Morgan fingerprint density at radius 1 is 1.06 bits per heavy atom. The molecular formula is C25H30FN5O3S. The van der Waals surface area contributed by atoms with Crippen molar-refractivity contribution in [2.45, 2.75) is 38.0 Å². The lowest BCUT2D eigenvalue weighted by Gasteiger charge is -2.31. The maximum Gasteiger partial charge on any atom is 0.276 e. The number of rotatable bonds is 8. The zero-order valence-electron chi connectivity index (χ0n) is 19.9. The molecule has 0 atom stereocenters. The third kappa shape index (κ3) is 5.38. The lowest BCUT2D eigenvalue weighted by atomic mass is 10.1. The zero-order valence-corrected chi connectivity index (χ0v) is 20.8. The number of carbonyl (C=O) groups excluding carboxylic acids is 1. The van der Waals surface area contributed by atoms with Crippen molar-refractivity contribution in [2.75, 3.05) is 36.4 Å². The van der Waals surface area contributed by atoms with E-state index in [0.29, 0.717) is 24.5 Å². The van der Waals surface area contributed by atoms with Crippen LogP contribution >= 0.6 is 0 Å². The van der Waals surface area contributed by atoms with Crippen molar-refractivity contribution in [3.05, 3.63) is 66.2 Å². The van der Waals surface area contributed by atoms with Crippen molar-refractivity contribution in [3.63, 3.8) is 0 Å². The van der Waals surface area contributed by atoms with Crippen molar-refractivity contribution in [3.8, 4) is 5.69 Å². The van der Waals surface area contributed by atoms with Crippen LogP contribution in [-0.4, -0.2) is 54.6 Å². The van der Waals surface area contributed by atoms with Crippen molar-refractivity contribution < 1.29 is 17.6 Å². The fourth-order valence-corrected chi connectivity index (χ4v) is 5.78. The van der Waals surface area contributed by atoms with Gasteiger partial charge in [-0.1, -0.05) is 19.9 Å². The Hall–Kier alpha value is -3.24. The van der Waals surface area contributed by atoms with Gasteiger partial charge in [-0.2, -0.15) is 9.40 Å². The van der Waals surface area contributed by atoms with Crippen LogP contribution in [0.5, 0.6) is 0 Å². The average molecular weight is 500 g/mol. The topological polar surface area (TPSA) is 87.5 Å². The molecule has 4 rings (SSSR count). The van der Waals surface area contributed by atoms with E-state index in [2.05, 4.69) is 15.3 Å². The predicted octanol–water partition coefficient (Wildman–Crippen LogP) is 4.28. The summed E-state index contributed by atoms with van der Waals surface area (Å²) in [5.41, 5.74) is 1.83. The van der Waals surface area contributed by atoms with Crippen LogP contribution in [-0.2, 0) is 10.0 Å². The van der Waals surface area contributed by atoms with Crippen molar-refractivity contribution in [1.82, 2.24) is 14.1 Å². The van der Waals surface area contributed by atoms with E-state index in [9.17, 15) is 17.6 Å². The maximum absolute atomic E-state index is 13.6. The summed E-state index contributed by atoms with van der Waals surface area (Å²) in [6.45, 7) is 5.96. The van der Waals surface area contributed by atoms with Crippen LogP contribution in [0.2, 0.25) is 0 Å². The lowest BCUT2D eigenvalue weighted by molar-refractivity contribution is 0.102. The molecule has 35 heavy (non-hydrogen) atoms. The standard InChI is InChI=1S/C25H30FN5O3S/c1-3-30(4-2)35(33,34)21-11-12-24(29-14-6-5-7-15-29)23(18-21)27-25(32)22-13-16-31(28-22)20-10-8-9-19(26)17-20/h8-13,16-18H,3-7,14-15H2,1-2H3,(H,27,32). The Bertz CT molecular complexity index is 1300. The Balaban J connectivity index is 1.67. The lowest BCUT2D eigenvalue weighted by Crippen LogP contribution is -2.32. The SMILES string of the molecule is CCN(CC)S(=O)(=O)c1ccc(N2CCCCC2)c(NC(=O)c2ccn(-c3cccc(F)c3)n2)c1. The molecular weight excluding hydrogens is 469 g/mol. The monoisotopic (exact) mass is 499 g/mol. The average Bonchev–Trinajstić information content (AvgIpc) is 3.36. The van der Waals surface area contributed by atoms with E-state index in [0.717, 1.165) is 38.0 Å². The molecule has 2 heterocycles. The minimum absolute atomic E-state index is 0.127. The number of amides is 1. The molecule has 186 valence electrons. The normalized spacial score (nSPS) is 14.3. The fraction of sp³-hybridized carbons (Fsp3) is 0.360. The van der Waals surface area contributed by atoms with E-state index in [-0.39, 0.29) is 10.6 Å². The largest absolute Gasteiger partial charge is 0.370 e. The Labute approximate surface area is 205 Å². The van der Waals surface area contributed by atoms with Gasteiger partial charge in [-0.15, -0.1) is 0 Å². The second-order valence-corrected chi connectivity index (χ2v) is 10.3. The van der Waals surface area contributed by atoms with Gasteiger partial charge in [-0.3, -0.25) is 4.79 Å². The molecule has 8 nitrogen and oxygen atoms in total. The van der Waals surface area contributed by atoms with Gasteiger partial charge < -0.3 is 10.2 Å². The first-order valence-corrected chi connectivity index (χ1v) is 13.3. The fourth-order valence-electron chi connectivity index (χ4n) is 4.29. The highest BCUT2D eigenvalue weighted by Gasteiger charge is 2.25. The Kier molecular flexibility index (Phi) is 7.51. The molecule has 0 radical (unpaired) electrons. The van der Waals surface area contributed by atoms with Gasteiger partial charge in [0.25, 0.3) is 5.91 Å². The maximum atomic E-state index is 13.6. The molecule has 10 heteroatoms. The van der Waals surface area contributed by atoms with E-state index in [1.807, 2.05) is 0 Å². The Morgan fingerprint density at radius 2 is 1.80 bits per heavy atom. The van der Waals surface area contributed by atoms with E-state index >= 15 is 0 Å². The number of anilines is 2. The summed E-state index contributed by atoms with van der Waals surface area (Å²) < 4.78 is 42.7. The first-order valence-electron chi connectivity index (χ1n) is 11.9. The molecule has 1 aliphatic rings. The number of carbonyl (C=O) groups is 1. The van der Waals surface area contributed by atoms with Crippen molar-refractivity contribution in [2.24, 2.45) is 0 Å². The summed E-state index contributed by atoms with van der Waals surface area (Å²) >= 11 is 0. The summed E-state index contributed by atoms with van der Waals surface area (Å²) in [5, 5.41) is 7.16. The van der Waals surface area contributed by atoms with Crippen LogP contribution in [0.25, 0.3) is 5.69 Å². The molecule has 0 aliphatic carbocycles. The minimum Gasteiger partial charge on any atom is -0.370 e. The first-order chi connectivity index (χ1) is 16.8. The molecule has 3 aromatic rings. The van der Waals surface area contributed by atoms with E-state index in [1.54, 1.807) is 44.3 Å². The van der Waals surface area contributed by atoms with Crippen LogP contribution < -0.4 is 10.2 Å². The molecule has 1 saturated heterocycles. The molecule has 0 unspecified atom stereocenters. The number of aromatic nitrogens is 2. The molecule has 0 bridgehead atoms. The molecule has 2 aromatic carbocycles. The van der Waals surface area contributed by atoms with Crippen LogP contribution in [0, 0.1) is 5.82 Å². The van der Waals surface area contributed by atoms with E-state index < -0.39 is 21.7 Å². The third-order valence-corrected chi connectivity index (χ3v) is 8.20. The number of nitrogens with zero attached hydrogens (tertiary/aromatic N) is 4. The van der Waals surface area contributed by atoms with Gasteiger partial charge in [0.2, 0.25) is 10.0 Å². The molecule has 1 aliphatic heterocycles. The molecule has 1 N–H and O–H groups in total. The van der Waals surface area contributed by atoms with E-state index in [4.69, 9.17) is 0 Å². The van der Waals surface area contributed by atoms with Gasteiger partial charge in [0.15, 0.2) is 5.69 Å². The van der Waals surface area contributed by atoms with Gasteiger partial charge in [-0.25, -0.2) is 17.5 Å². The molecule has 1 fully saturated rings. The van der Waals surface area contributed by atoms with Crippen molar-refractivity contribution in [1.29, 1.82) is 0 Å². The quantitative estimate of drug-likeness (QED) is 0.500. The van der Waals surface area contributed by atoms with E-state index in [1.165, 1.54) is 33.3 Å². The molecule has 1 aromatic heterocycles. The van der Waals surface area contributed by atoms with Gasteiger partial charge in [0.1, 0.15) is 5.82 Å². The highest BCUT2D eigenvalue weighted by Crippen LogP contribution is 2.32. The zero-order chi connectivity index (χ0) is 25.0. The number of halogens is 1. The minimum atomic E-state index is -3.70. The second-order valence-electron chi connectivity index (χ2n) is 8.40. The molecule has 0 spiro atoms. The summed E-state index contributed by atoms with van der Waals surface area (Å²) in [4.78, 5) is 15.4. The summed E-state index contributed by atoms with van der Waals surface area (Å²) in [5.74, 6) is -0.878.